The highest BCUT2D eigenvalue weighted by atomic mass is 16.1. The molecule has 0 fully saturated rings. The van der Waals surface area contributed by atoms with Crippen molar-refractivity contribution >= 4 is 11.0 Å². The first-order valence-corrected chi connectivity index (χ1v) is 6.07. The van der Waals surface area contributed by atoms with Gasteiger partial charge in [0.2, 0.25) is 0 Å². The summed E-state index contributed by atoms with van der Waals surface area (Å²) in [6.45, 7) is 2.38. The lowest BCUT2D eigenvalue weighted by Gasteiger charge is -2.10. The predicted molar refractivity (Wildman–Crippen MR) is 70.2 cm³/mol. The Hall–Kier alpha value is -2.15. The van der Waals surface area contributed by atoms with Crippen LogP contribution in [0.4, 0.5) is 0 Å². The average molecular weight is 241 g/mol. The molecule has 4 nitrogen and oxygen atoms in total. The lowest BCUT2D eigenvalue weighted by molar-refractivity contribution is 0.611. The van der Waals surface area contributed by atoms with Crippen LogP contribution in [0.1, 0.15) is 25.0 Å². The molecular weight excluding hydrogens is 226 g/mol. The molecule has 1 heterocycles. The lowest BCUT2D eigenvalue weighted by Crippen LogP contribution is -2.24. The summed E-state index contributed by atoms with van der Waals surface area (Å²) in [4.78, 5) is 16.4. The molecule has 0 saturated carbocycles. The zero-order valence-electron chi connectivity index (χ0n) is 10.4. The van der Waals surface area contributed by atoms with E-state index in [2.05, 4.69) is 11.1 Å². The van der Waals surface area contributed by atoms with Crippen LogP contribution in [-0.4, -0.2) is 9.55 Å². The van der Waals surface area contributed by atoms with Crippen LogP contribution in [-0.2, 0) is 6.54 Å². The van der Waals surface area contributed by atoms with Crippen molar-refractivity contribution in [1.29, 1.82) is 5.26 Å². The molecule has 0 saturated heterocycles. The molecule has 0 aliphatic heterocycles. The van der Waals surface area contributed by atoms with Gasteiger partial charge in [0, 0.05) is 13.0 Å². The van der Waals surface area contributed by atoms with Crippen molar-refractivity contribution in [2.24, 2.45) is 0 Å². The van der Waals surface area contributed by atoms with E-state index < -0.39 is 0 Å². The van der Waals surface area contributed by atoms with E-state index in [0.717, 1.165) is 23.9 Å². The zero-order chi connectivity index (χ0) is 13.0. The van der Waals surface area contributed by atoms with Crippen LogP contribution in [0.15, 0.2) is 29.1 Å². The minimum Gasteiger partial charge on any atom is -0.305 e. The van der Waals surface area contributed by atoms with Gasteiger partial charge in [-0.2, -0.15) is 5.26 Å². The fourth-order valence-electron chi connectivity index (χ4n) is 2.02. The Labute approximate surface area is 106 Å². The fraction of sp³-hybridized carbons (Fsp3) is 0.357. The summed E-state index contributed by atoms with van der Waals surface area (Å²) < 4.78 is 1.76. The molecule has 0 amide bonds. The molecule has 0 radical (unpaired) electrons. The van der Waals surface area contributed by atoms with Crippen LogP contribution in [0.25, 0.3) is 11.0 Å². The zero-order valence-corrected chi connectivity index (χ0v) is 10.4. The van der Waals surface area contributed by atoms with Gasteiger partial charge in [0.1, 0.15) is 5.69 Å². The molecule has 0 bridgehead atoms. The normalized spacial score (nSPS) is 10.4. The molecule has 2 aromatic rings. The maximum absolute atomic E-state index is 12.1. The number of aryl methyl sites for hydroxylation is 2. The Kier molecular flexibility index (Phi) is 3.73. The molecule has 0 aliphatic carbocycles. The quantitative estimate of drug-likeness (QED) is 0.772. The minimum absolute atomic E-state index is 0.0364. The average Bonchev–Trinajstić information content (AvgIpc) is 2.38. The van der Waals surface area contributed by atoms with E-state index in [1.165, 1.54) is 0 Å². The maximum atomic E-state index is 12.1. The summed E-state index contributed by atoms with van der Waals surface area (Å²) >= 11 is 0. The number of aromatic nitrogens is 2. The SMILES string of the molecule is Cc1nc2ccccc2n(CCCCC#N)c1=O. The monoisotopic (exact) mass is 241 g/mol. The topological polar surface area (TPSA) is 58.7 Å². The predicted octanol–water partition coefficient (Wildman–Crippen LogP) is 2.40. The van der Waals surface area contributed by atoms with Gasteiger partial charge in [0.05, 0.1) is 17.1 Å². The first kappa shape index (κ1) is 12.3. The van der Waals surface area contributed by atoms with E-state index >= 15 is 0 Å². The van der Waals surface area contributed by atoms with Crippen LogP contribution in [0.2, 0.25) is 0 Å². The van der Waals surface area contributed by atoms with Gasteiger partial charge in [-0.05, 0) is 31.9 Å². The second-order valence-electron chi connectivity index (χ2n) is 4.26. The Bertz CT molecular complexity index is 652. The minimum atomic E-state index is -0.0364. The highest BCUT2D eigenvalue weighted by Crippen LogP contribution is 2.10. The smallest absolute Gasteiger partial charge is 0.272 e. The number of fused-ring (bicyclic) bond motifs is 1. The molecule has 1 aromatic heterocycles. The lowest BCUT2D eigenvalue weighted by atomic mass is 10.2. The fourth-order valence-corrected chi connectivity index (χ4v) is 2.02. The molecule has 0 spiro atoms. The number of unbranched alkanes of at least 4 members (excludes halogenated alkanes) is 2. The van der Waals surface area contributed by atoms with Crippen molar-refractivity contribution < 1.29 is 0 Å². The Morgan fingerprint density at radius 1 is 1.33 bits per heavy atom. The molecular formula is C14H15N3O. The van der Waals surface area contributed by atoms with Gasteiger partial charge < -0.3 is 4.57 Å². The van der Waals surface area contributed by atoms with Crippen molar-refractivity contribution in [3.05, 3.63) is 40.3 Å². The van der Waals surface area contributed by atoms with Gasteiger partial charge in [0.15, 0.2) is 0 Å². The number of rotatable bonds is 4. The second kappa shape index (κ2) is 5.46. The van der Waals surface area contributed by atoms with Gasteiger partial charge in [-0.15, -0.1) is 0 Å². The summed E-state index contributed by atoms with van der Waals surface area (Å²) in [5.74, 6) is 0. The summed E-state index contributed by atoms with van der Waals surface area (Å²) in [7, 11) is 0. The van der Waals surface area contributed by atoms with Crippen molar-refractivity contribution in [3.8, 4) is 6.07 Å². The van der Waals surface area contributed by atoms with Crippen LogP contribution < -0.4 is 5.56 Å². The molecule has 0 atom stereocenters. The van der Waals surface area contributed by atoms with E-state index in [4.69, 9.17) is 5.26 Å². The van der Waals surface area contributed by atoms with Crippen molar-refractivity contribution in [2.75, 3.05) is 0 Å². The van der Waals surface area contributed by atoms with E-state index in [-0.39, 0.29) is 5.56 Å². The van der Waals surface area contributed by atoms with Crippen LogP contribution >= 0.6 is 0 Å². The number of hydrogen-bond donors (Lipinski definition) is 0. The van der Waals surface area contributed by atoms with E-state index in [1.54, 1.807) is 11.5 Å². The highest BCUT2D eigenvalue weighted by Gasteiger charge is 2.06. The molecule has 0 unspecified atom stereocenters. The van der Waals surface area contributed by atoms with Gasteiger partial charge in [-0.25, -0.2) is 4.98 Å². The number of benzene rings is 1. The van der Waals surface area contributed by atoms with Crippen LogP contribution in [0.5, 0.6) is 0 Å². The van der Waals surface area contributed by atoms with Crippen molar-refractivity contribution in [3.63, 3.8) is 0 Å². The molecule has 2 rings (SSSR count). The second-order valence-corrected chi connectivity index (χ2v) is 4.26. The van der Waals surface area contributed by atoms with Crippen molar-refractivity contribution in [1.82, 2.24) is 9.55 Å². The summed E-state index contributed by atoms with van der Waals surface area (Å²) in [5.41, 5.74) is 2.19. The number of nitriles is 1. The standard InChI is InChI=1S/C14H15N3O/c1-11-14(18)17(10-6-2-5-9-15)13-8-4-3-7-12(13)16-11/h3-4,7-8H,2,5-6,10H2,1H3. The summed E-state index contributed by atoms with van der Waals surface area (Å²) in [6, 6.07) is 9.76. The van der Waals surface area contributed by atoms with E-state index in [1.807, 2.05) is 24.3 Å². The molecule has 4 heteroatoms. The highest BCUT2D eigenvalue weighted by molar-refractivity contribution is 5.74. The Morgan fingerprint density at radius 2 is 2.11 bits per heavy atom. The molecule has 92 valence electrons. The molecule has 18 heavy (non-hydrogen) atoms. The molecule has 0 aliphatic rings. The molecule has 1 aromatic carbocycles. The third-order valence-electron chi connectivity index (χ3n) is 2.94. The third kappa shape index (κ3) is 2.40. The number of para-hydroxylation sites is 2. The van der Waals surface area contributed by atoms with Gasteiger partial charge in [-0.1, -0.05) is 12.1 Å². The number of nitrogens with zero attached hydrogens (tertiary/aromatic N) is 3. The first-order chi connectivity index (χ1) is 8.74. The summed E-state index contributed by atoms with van der Waals surface area (Å²) in [6.07, 6.45) is 2.19. The van der Waals surface area contributed by atoms with Gasteiger partial charge in [-0.3, -0.25) is 4.79 Å². The third-order valence-corrected chi connectivity index (χ3v) is 2.94. The first-order valence-electron chi connectivity index (χ1n) is 6.07. The van der Waals surface area contributed by atoms with Crippen molar-refractivity contribution in [2.45, 2.75) is 32.7 Å². The Morgan fingerprint density at radius 3 is 2.89 bits per heavy atom. The van der Waals surface area contributed by atoms with Crippen LogP contribution in [0.3, 0.4) is 0 Å². The van der Waals surface area contributed by atoms with E-state index in [9.17, 15) is 4.79 Å². The van der Waals surface area contributed by atoms with Crippen LogP contribution in [0, 0.1) is 18.3 Å². The largest absolute Gasteiger partial charge is 0.305 e. The Balaban J connectivity index is 2.38. The van der Waals surface area contributed by atoms with E-state index in [0.29, 0.717) is 18.7 Å². The summed E-state index contributed by atoms with van der Waals surface area (Å²) in [5, 5.41) is 8.51. The molecule has 0 N–H and O–H groups in total. The van der Waals surface area contributed by atoms with Gasteiger partial charge >= 0.3 is 0 Å². The van der Waals surface area contributed by atoms with Gasteiger partial charge in [0.25, 0.3) is 5.56 Å². The maximum Gasteiger partial charge on any atom is 0.272 e. The number of hydrogen-bond acceptors (Lipinski definition) is 3.